The van der Waals surface area contributed by atoms with E-state index in [4.69, 9.17) is 23.2 Å². The summed E-state index contributed by atoms with van der Waals surface area (Å²) in [6.07, 6.45) is 3.64. The van der Waals surface area contributed by atoms with Gasteiger partial charge in [0.2, 0.25) is 0 Å². The van der Waals surface area contributed by atoms with Gasteiger partial charge in [0.1, 0.15) is 12.2 Å². The molecule has 0 bridgehead atoms. The lowest BCUT2D eigenvalue weighted by Crippen LogP contribution is -2.39. The van der Waals surface area contributed by atoms with Gasteiger partial charge in [0.25, 0.3) is 5.91 Å². The molecule has 1 fully saturated rings. The van der Waals surface area contributed by atoms with Crippen molar-refractivity contribution in [1.29, 1.82) is 0 Å². The lowest BCUT2D eigenvalue weighted by atomic mass is 9.96. The molecule has 0 aliphatic carbocycles. The second-order valence-corrected chi connectivity index (χ2v) is 6.42. The third kappa shape index (κ3) is 3.10. The molecule has 0 unspecified atom stereocenters. The number of rotatable bonds is 2. The van der Waals surface area contributed by atoms with Crippen molar-refractivity contribution in [2.45, 2.75) is 18.8 Å². The Morgan fingerprint density at radius 3 is 2.64 bits per heavy atom. The first kappa shape index (κ1) is 15.3. The lowest BCUT2D eigenvalue weighted by Gasteiger charge is -2.32. The van der Waals surface area contributed by atoms with Gasteiger partial charge in [-0.1, -0.05) is 23.2 Å². The SMILES string of the molecule is Cn1cnnc1[C@H]1CCCN(C(=O)c2cc(Cl)cc(Cl)c2)C1. The van der Waals surface area contributed by atoms with Crippen LogP contribution in [0.3, 0.4) is 0 Å². The van der Waals surface area contributed by atoms with E-state index in [-0.39, 0.29) is 11.8 Å². The molecule has 1 amide bonds. The summed E-state index contributed by atoms with van der Waals surface area (Å²) in [6, 6.07) is 4.93. The van der Waals surface area contributed by atoms with Crippen molar-refractivity contribution in [3.8, 4) is 0 Å². The Bertz CT molecular complexity index is 680. The van der Waals surface area contributed by atoms with Crippen LogP contribution in [0.5, 0.6) is 0 Å². The van der Waals surface area contributed by atoms with Crippen molar-refractivity contribution in [2.24, 2.45) is 7.05 Å². The number of hydrogen-bond acceptors (Lipinski definition) is 3. The molecule has 3 rings (SSSR count). The number of benzene rings is 1. The average Bonchev–Trinajstić information content (AvgIpc) is 2.92. The van der Waals surface area contributed by atoms with Crippen LogP contribution < -0.4 is 0 Å². The number of aryl methyl sites for hydroxylation is 1. The Hall–Kier alpha value is -1.59. The van der Waals surface area contributed by atoms with Crippen molar-refractivity contribution in [3.63, 3.8) is 0 Å². The Labute approximate surface area is 138 Å². The molecule has 0 saturated carbocycles. The van der Waals surface area contributed by atoms with Crippen molar-refractivity contribution in [2.75, 3.05) is 13.1 Å². The molecule has 1 atom stereocenters. The van der Waals surface area contributed by atoms with Gasteiger partial charge in [-0.2, -0.15) is 0 Å². The molecule has 0 N–H and O–H groups in total. The van der Waals surface area contributed by atoms with Crippen LogP contribution >= 0.6 is 23.2 Å². The molecule has 1 aliphatic rings. The average molecular weight is 339 g/mol. The summed E-state index contributed by atoms with van der Waals surface area (Å²) in [5, 5.41) is 9.03. The zero-order valence-electron chi connectivity index (χ0n) is 12.2. The molecule has 0 radical (unpaired) electrons. The predicted molar refractivity (Wildman–Crippen MR) is 85.3 cm³/mol. The molecule has 1 aromatic carbocycles. The zero-order valence-corrected chi connectivity index (χ0v) is 13.7. The van der Waals surface area contributed by atoms with Crippen LogP contribution in [0.15, 0.2) is 24.5 Å². The first-order valence-electron chi connectivity index (χ1n) is 7.14. The van der Waals surface area contributed by atoms with Crippen LogP contribution in [-0.4, -0.2) is 38.7 Å². The number of carbonyl (C=O) groups excluding carboxylic acids is 1. The number of piperidine rings is 1. The monoisotopic (exact) mass is 338 g/mol. The molecular weight excluding hydrogens is 323 g/mol. The zero-order chi connectivity index (χ0) is 15.7. The largest absolute Gasteiger partial charge is 0.338 e. The maximum Gasteiger partial charge on any atom is 0.253 e. The fraction of sp³-hybridized carbons (Fsp3) is 0.400. The van der Waals surface area contributed by atoms with Gasteiger partial charge in [-0.3, -0.25) is 4.79 Å². The van der Waals surface area contributed by atoms with Crippen LogP contribution in [-0.2, 0) is 7.05 Å². The van der Waals surface area contributed by atoms with Crippen LogP contribution in [0.4, 0.5) is 0 Å². The van der Waals surface area contributed by atoms with Crippen molar-refractivity contribution in [1.82, 2.24) is 19.7 Å². The molecule has 1 aliphatic heterocycles. The summed E-state index contributed by atoms with van der Waals surface area (Å²) >= 11 is 12.0. The van der Waals surface area contributed by atoms with Gasteiger partial charge in [0, 0.05) is 41.7 Å². The Kier molecular flexibility index (Phi) is 4.36. The molecule has 1 aromatic heterocycles. The third-order valence-corrected chi connectivity index (χ3v) is 4.37. The highest BCUT2D eigenvalue weighted by molar-refractivity contribution is 6.35. The maximum atomic E-state index is 12.7. The van der Waals surface area contributed by atoms with Crippen molar-refractivity contribution < 1.29 is 4.79 Å². The lowest BCUT2D eigenvalue weighted by molar-refractivity contribution is 0.0703. The Morgan fingerprint density at radius 1 is 1.27 bits per heavy atom. The van der Waals surface area contributed by atoms with Gasteiger partial charge in [-0.15, -0.1) is 10.2 Å². The van der Waals surface area contributed by atoms with Gasteiger partial charge < -0.3 is 9.47 Å². The van der Waals surface area contributed by atoms with E-state index in [2.05, 4.69) is 10.2 Å². The van der Waals surface area contributed by atoms with Gasteiger partial charge in [0.15, 0.2) is 0 Å². The number of halogens is 2. The highest BCUT2D eigenvalue weighted by atomic mass is 35.5. The van der Waals surface area contributed by atoms with Gasteiger partial charge in [0.05, 0.1) is 0 Å². The minimum absolute atomic E-state index is 0.0451. The normalized spacial score (nSPS) is 18.5. The number of hydrogen-bond donors (Lipinski definition) is 0. The van der Waals surface area contributed by atoms with E-state index in [1.165, 1.54) is 0 Å². The third-order valence-electron chi connectivity index (χ3n) is 3.93. The quantitative estimate of drug-likeness (QED) is 0.845. The summed E-state index contributed by atoms with van der Waals surface area (Å²) in [7, 11) is 1.92. The fourth-order valence-corrected chi connectivity index (χ4v) is 3.42. The number of amides is 1. The molecule has 2 aromatic rings. The van der Waals surface area contributed by atoms with E-state index in [0.29, 0.717) is 22.2 Å². The van der Waals surface area contributed by atoms with Crippen molar-refractivity contribution in [3.05, 3.63) is 46.0 Å². The first-order valence-corrected chi connectivity index (χ1v) is 7.89. The summed E-state index contributed by atoms with van der Waals surface area (Å²) in [5.41, 5.74) is 0.524. The summed E-state index contributed by atoms with van der Waals surface area (Å²) in [6.45, 7) is 1.37. The van der Waals surface area contributed by atoms with Gasteiger partial charge >= 0.3 is 0 Å². The molecule has 1 saturated heterocycles. The van der Waals surface area contributed by atoms with Crippen LogP contribution in [0, 0.1) is 0 Å². The number of likely N-dealkylation sites (tertiary alicyclic amines) is 1. The second kappa shape index (κ2) is 6.26. The Morgan fingerprint density at radius 2 is 2.00 bits per heavy atom. The molecular formula is C15H16Cl2N4O. The van der Waals surface area contributed by atoms with Gasteiger partial charge in [-0.05, 0) is 31.0 Å². The van der Waals surface area contributed by atoms with Gasteiger partial charge in [-0.25, -0.2) is 0 Å². The fourth-order valence-electron chi connectivity index (χ4n) is 2.89. The number of aromatic nitrogens is 3. The van der Waals surface area contributed by atoms with E-state index < -0.39 is 0 Å². The summed E-state index contributed by atoms with van der Waals surface area (Å²) < 4.78 is 1.91. The highest BCUT2D eigenvalue weighted by Crippen LogP contribution is 2.27. The smallest absolute Gasteiger partial charge is 0.253 e. The second-order valence-electron chi connectivity index (χ2n) is 5.55. The minimum atomic E-state index is -0.0451. The van der Waals surface area contributed by atoms with E-state index in [1.54, 1.807) is 24.5 Å². The maximum absolute atomic E-state index is 12.7. The predicted octanol–water partition coefficient (Wildman–Crippen LogP) is 3.14. The number of nitrogens with zero attached hydrogens (tertiary/aromatic N) is 4. The molecule has 116 valence electrons. The summed E-state index contributed by atoms with van der Waals surface area (Å²) in [4.78, 5) is 14.5. The van der Waals surface area contributed by atoms with Crippen LogP contribution in [0.2, 0.25) is 10.0 Å². The molecule has 2 heterocycles. The molecule has 22 heavy (non-hydrogen) atoms. The van der Waals surface area contributed by atoms with Crippen LogP contribution in [0.1, 0.15) is 34.9 Å². The molecule has 7 heteroatoms. The topological polar surface area (TPSA) is 51.0 Å². The standard InChI is InChI=1S/C15H16Cl2N4O/c1-20-9-18-19-14(20)10-3-2-4-21(8-10)15(22)11-5-12(16)7-13(17)6-11/h5-7,9-10H,2-4,8H2,1H3/t10-/m0/s1. The van der Waals surface area contributed by atoms with E-state index in [9.17, 15) is 4.79 Å². The summed E-state index contributed by atoms with van der Waals surface area (Å²) in [5.74, 6) is 1.08. The van der Waals surface area contributed by atoms with Crippen LogP contribution in [0.25, 0.3) is 0 Å². The van der Waals surface area contributed by atoms with E-state index in [0.717, 1.165) is 25.2 Å². The first-order chi connectivity index (χ1) is 10.5. The highest BCUT2D eigenvalue weighted by Gasteiger charge is 2.28. The number of carbonyl (C=O) groups is 1. The van der Waals surface area contributed by atoms with Crippen molar-refractivity contribution >= 4 is 29.1 Å². The minimum Gasteiger partial charge on any atom is -0.338 e. The molecule has 0 spiro atoms. The van der Waals surface area contributed by atoms with E-state index >= 15 is 0 Å². The Balaban J connectivity index is 1.79. The molecule has 5 nitrogen and oxygen atoms in total. The van der Waals surface area contributed by atoms with E-state index in [1.807, 2.05) is 16.5 Å².